The van der Waals surface area contributed by atoms with Gasteiger partial charge in [-0.25, -0.2) is 0 Å². The maximum Gasteiger partial charge on any atom is 0.0935 e. The summed E-state index contributed by atoms with van der Waals surface area (Å²) in [5.41, 5.74) is 0.614. The van der Waals surface area contributed by atoms with Crippen molar-refractivity contribution in [2.24, 2.45) is 5.92 Å². The van der Waals surface area contributed by atoms with Crippen LogP contribution in [0.15, 0.2) is 23.0 Å². The second-order valence-corrected chi connectivity index (χ2v) is 4.56. The summed E-state index contributed by atoms with van der Waals surface area (Å²) in [6, 6.07) is 1.94. The highest BCUT2D eigenvalue weighted by Crippen LogP contribution is 2.36. The van der Waals surface area contributed by atoms with Crippen LogP contribution in [0.1, 0.15) is 38.2 Å². The molecule has 1 aliphatic rings. The van der Waals surface area contributed by atoms with E-state index >= 15 is 0 Å². The van der Waals surface area contributed by atoms with Gasteiger partial charge in [-0.1, -0.05) is 19.8 Å². The quantitative estimate of drug-likeness (QED) is 0.785. The summed E-state index contributed by atoms with van der Waals surface area (Å²) in [5, 5.41) is 10.5. The SMILES string of the molecule is CC1CCCCC1(O)Cc1ccoc1. The van der Waals surface area contributed by atoms with Crippen LogP contribution in [0.5, 0.6) is 0 Å². The highest BCUT2D eigenvalue weighted by molar-refractivity contribution is 5.10. The Labute approximate surface area is 84.9 Å². The second kappa shape index (κ2) is 3.77. The molecule has 1 heterocycles. The topological polar surface area (TPSA) is 33.4 Å². The Kier molecular flexibility index (Phi) is 2.64. The molecule has 0 radical (unpaired) electrons. The van der Waals surface area contributed by atoms with Crippen LogP contribution in [0.4, 0.5) is 0 Å². The Hall–Kier alpha value is -0.760. The van der Waals surface area contributed by atoms with Gasteiger partial charge >= 0.3 is 0 Å². The molecule has 1 aromatic heterocycles. The van der Waals surface area contributed by atoms with Gasteiger partial charge in [0.2, 0.25) is 0 Å². The Bertz CT molecular complexity index is 279. The zero-order valence-electron chi connectivity index (χ0n) is 8.70. The standard InChI is InChI=1S/C12H18O2/c1-10-4-2-3-6-12(10,13)8-11-5-7-14-9-11/h5,7,9-10,13H,2-4,6,8H2,1H3. The predicted octanol–water partition coefficient (Wildman–Crippen LogP) is 2.76. The number of hydrogen-bond acceptors (Lipinski definition) is 2. The van der Waals surface area contributed by atoms with Crippen molar-refractivity contribution >= 4 is 0 Å². The van der Waals surface area contributed by atoms with Gasteiger partial charge in [-0.2, -0.15) is 0 Å². The van der Waals surface area contributed by atoms with Crippen LogP contribution in [0.25, 0.3) is 0 Å². The maximum atomic E-state index is 10.5. The summed E-state index contributed by atoms with van der Waals surface area (Å²) in [7, 11) is 0. The lowest BCUT2D eigenvalue weighted by atomic mass is 9.73. The maximum absolute atomic E-state index is 10.5. The van der Waals surface area contributed by atoms with E-state index in [4.69, 9.17) is 4.42 Å². The molecule has 1 N–H and O–H groups in total. The van der Waals surface area contributed by atoms with Gasteiger partial charge in [0, 0.05) is 6.42 Å². The summed E-state index contributed by atoms with van der Waals surface area (Å²) in [5.74, 6) is 0.408. The first-order chi connectivity index (χ1) is 6.71. The summed E-state index contributed by atoms with van der Waals surface area (Å²) in [6.45, 7) is 2.15. The third-order valence-electron chi connectivity index (χ3n) is 3.50. The molecule has 78 valence electrons. The Morgan fingerprint density at radius 2 is 2.43 bits per heavy atom. The molecule has 1 saturated carbocycles. The molecular weight excluding hydrogens is 176 g/mol. The van der Waals surface area contributed by atoms with Gasteiger partial charge in [-0.3, -0.25) is 0 Å². The predicted molar refractivity (Wildman–Crippen MR) is 55.0 cm³/mol. The number of furan rings is 1. The molecule has 2 rings (SSSR count). The van der Waals surface area contributed by atoms with Gasteiger partial charge in [0.25, 0.3) is 0 Å². The Morgan fingerprint density at radius 3 is 3.07 bits per heavy atom. The van der Waals surface area contributed by atoms with Crippen molar-refractivity contribution < 1.29 is 9.52 Å². The highest BCUT2D eigenvalue weighted by Gasteiger charge is 2.36. The van der Waals surface area contributed by atoms with Crippen molar-refractivity contribution in [3.8, 4) is 0 Å². The van der Waals surface area contributed by atoms with Crippen molar-refractivity contribution in [3.63, 3.8) is 0 Å². The van der Waals surface area contributed by atoms with E-state index in [0.717, 1.165) is 31.2 Å². The summed E-state index contributed by atoms with van der Waals surface area (Å²) in [4.78, 5) is 0. The molecule has 0 spiro atoms. The molecule has 1 aromatic rings. The van der Waals surface area contributed by atoms with Crippen LogP contribution in [0, 0.1) is 5.92 Å². The monoisotopic (exact) mass is 194 g/mol. The highest BCUT2D eigenvalue weighted by atomic mass is 16.3. The molecule has 0 aromatic carbocycles. The average molecular weight is 194 g/mol. The molecule has 2 nitrogen and oxygen atoms in total. The minimum atomic E-state index is -0.498. The molecule has 0 aliphatic heterocycles. The third-order valence-corrected chi connectivity index (χ3v) is 3.50. The van der Waals surface area contributed by atoms with E-state index < -0.39 is 5.60 Å². The number of hydrogen-bond donors (Lipinski definition) is 1. The largest absolute Gasteiger partial charge is 0.472 e. The molecule has 0 bridgehead atoms. The smallest absolute Gasteiger partial charge is 0.0935 e. The van der Waals surface area contributed by atoms with Crippen molar-refractivity contribution in [2.75, 3.05) is 0 Å². The van der Waals surface area contributed by atoms with E-state index in [1.165, 1.54) is 6.42 Å². The third kappa shape index (κ3) is 1.85. The van der Waals surface area contributed by atoms with Gasteiger partial charge < -0.3 is 9.52 Å². The van der Waals surface area contributed by atoms with Gasteiger partial charge in [0.15, 0.2) is 0 Å². The first kappa shape index (κ1) is 9.78. The minimum absolute atomic E-state index is 0.408. The van der Waals surface area contributed by atoms with E-state index in [9.17, 15) is 5.11 Å². The average Bonchev–Trinajstić information content (AvgIpc) is 2.63. The van der Waals surface area contributed by atoms with Gasteiger partial charge in [-0.05, 0) is 30.4 Å². The molecule has 2 atom stereocenters. The molecule has 0 amide bonds. The minimum Gasteiger partial charge on any atom is -0.472 e. The van der Waals surface area contributed by atoms with Crippen LogP contribution in [-0.2, 0) is 6.42 Å². The molecule has 1 fully saturated rings. The fourth-order valence-electron chi connectivity index (χ4n) is 2.41. The van der Waals surface area contributed by atoms with Crippen LogP contribution >= 0.6 is 0 Å². The Balaban J connectivity index is 2.07. The lowest BCUT2D eigenvalue weighted by molar-refractivity contribution is -0.0406. The molecule has 0 saturated heterocycles. The van der Waals surface area contributed by atoms with E-state index in [1.807, 2.05) is 6.07 Å². The molecule has 1 aliphatic carbocycles. The van der Waals surface area contributed by atoms with Gasteiger partial charge in [-0.15, -0.1) is 0 Å². The fraction of sp³-hybridized carbons (Fsp3) is 0.667. The molecule has 14 heavy (non-hydrogen) atoms. The van der Waals surface area contributed by atoms with Crippen molar-refractivity contribution in [2.45, 2.75) is 44.6 Å². The molecular formula is C12H18O2. The Morgan fingerprint density at radius 1 is 1.57 bits per heavy atom. The van der Waals surface area contributed by atoms with Crippen molar-refractivity contribution in [1.29, 1.82) is 0 Å². The van der Waals surface area contributed by atoms with Gasteiger partial charge in [0.1, 0.15) is 0 Å². The second-order valence-electron chi connectivity index (χ2n) is 4.56. The fourth-order valence-corrected chi connectivity index (χ4v) is 2.41. The first-order valence-corrected chi connectivity index (χ1v) is 5.44. The van der Waals surface area contributed by atoms with Crippen molar-refractivity contribution in [1.82, 2.24) is 0 Å². The number of rotatable bonds is 2. The zero-order chi connectivity index (χ0) is 10.0. The van der Waals surface area contributed by atoms with Crippen LogP contribution in [0.2, 0.25) is 0 Å². The normalized spacial score (nSPS) is 33.1. The zero-order valence-corrected chi connectivity index (χ0v) is 8.70. The van der Waals surface area contributed by atoms with Crippen LogP contribution in [0.3, 0.4) is 0 Å². The van der Waals surface area contributed by atoms with Crippen LogP contribution in [-0.4, -0.2) is 10.7 Å². The van der Waals surface area contributed by atoms with E-state index in [0.29, 0.717) is 5.92 Å². The lowest BCUT2D eigenvalue weighted by Gasteiger charge is -2.38. The van der Waals surface area contributed by atoms with E-state index in [1.54, 1.807) is 12.5 Å². The number of aliphatic hydroxyl groups is 1. The lowest BCUT2D eigenvalue weighted by Crippen LogP contribution is -2.41. The first-order valence-electron chi connectivity index (χ1n) is 5.44. The summed E-state index contributed by atoms with van der Waals surface area (Å²) in [6.07, 6.45) is 8.64. The van der Waals surface area contributed by atoms with E-state index in [-0.39, 0.29) is 0 Å². The van der Waals surface area contributed by atoms with Gasteiger partial charge in [0.05, 0.1) is 18.1 Å². The molecule has 2 unspecified atom stereocenters. The molecule has 2 heteroatoms. The summed E-state index contributed by atoms with van der Waals surface area (Å²) >= 11 is 0. The summed E-state index contributed by atoms with van der Waals surface area (Å²) < 4.78 is 5.03. The van der Waals surface area contributed by atoms with E-state index in [2.05, 4.69) is 6.92 Å². The van der Waals surface area contributed by atoms with Crippen LogP contribution < -0.4 is 0 Å². The van der Waals surface area contributed by atoms with Crippen molar-refractivity contribution in [3.05, 3.63) is 24.2 Å².